The second-order valence-electron chi connectivity index (χ2n) is 3.72. The number of aliphatic hydroxyl groups excluding tert-OH is 1. The zero-order valence-corrected chi connectivity index (χ0v) is 10.0. The number of rotatable bonds is 5. The lowest BCUT2D eigenvalue weighted by molar-refractivity contribution is -0.125. The van der Waals surface area contributed by atoms with Crippen molar-refractivity contribution in [3.05, 3.63) is 34.6 Å². The lowest BCUT2D eigenvalue weighted by atomic mass is 10.1. The van der Waals surface area contributed by atoms with Gasteiger partial charge in [-0.25, -0.2) is 4.39 Å². The monoisotopic (exact) mass is 260 g/mol. The third-order valence-electron chi connectivity index (χ3n) is 2.39. The molecule has 2 unspecified atom stereocenters. The van der Waals surface area contributed by atoms with E-state index in [9.17, 15) is 14.3 Å². The van der Waals surface area contributed by atoms with Crippen LogP contribution in [0.5, 0.6) is 0 Å². The number of aliphatic hydroxyl groups is 1. The summed E-state index contributed by atoms with van der Waals surface area (Å²) in [6.45, 7) is 1.79. The van der Waals surface area contributed by atoms with Crippen molar-refractivity contribution in [2.45, 2.75) is 19.1 Å². The Bertz CT molecular complexity index is 414. The van der Waals surface area contributed by atoms with Crippen LogP contribution in [0.25, 0.3) is 0 Å². The van der Waals surface area contributed by atoms with Crippen molar-refractivity contribution in [1.29, 1.82) is 0 Å². The molecule has 0 aromatic heterocycles. The number of primary amides is 1. The van der Waals surface area contributed by atoms with Gasteiger partial charge in [-0.2, -0.15) is 0 Å². The Labute approximate surface area is 104 Å². The molecule has 0 bridgehead atoms. The molecule has 0 aliphatic carbocycles. The average Bonchev–Trinajstić information content (AvgIpc) is 2.28. The van der Waals surface area contributed by atoms with Crippen molar-refractivity contribution in [3.8, 4) is 0 Å². The normalized spacial score (nSPS) is 14.4. The second kappa shape index (κ2) is 5.95. The maximum Gasteiger partial charge on any atom is 0.247 e. The van der Waals surface area contributed by atoms with E-state index >= 15 is 0 Å². The second-order valence-corrected chi connectivity index (χ2v) is 4.13. The highest BCUT2D eigenvalue weighted by molar-refractivity contribution is 6.30. The first-order chi connectivity index (χ1) is 7.91. The van der Waals surface area contributed by atoms with E-state index in [1.54, 1.807) is 13.0 Å². The summed E-state index contributed by atoms with van der Waals surface area (Å²) in [5.74, 6) is -1.31. The molecule has 94 valence electrons. The van der Waals surface area contributed by atoms with E-state index in [0.29, 0.717) is 5.56 Å². The first-order valence-corrected chi connectivity index (χ1v) is 5.45. The lowest BCUT2D eigenvalue weighted by Crippen LogP contribution is -2.38. The van der Waals surface area contributed by atoms with Crippen LogP contribution in [0.4, 0.5) is 4.39 Å². The number of hydrogen-bond donors (Lipinski definition) is 3. The van der Waals surface area contributed by atoms with E-state index in [-0.39, 0.29) is 17.6 Å². The van der Waals surface area contributed by atoms with Gasteiger partial charge in [-0.05, 0) is 24.6 Å². The summed E-state index contributed by atoms with van der Waals surface area (Å²) in [6, 6.07) is 4.20. The molecule has 17 heavy (non-hydrogen) atoms. The molecular weight excluding hydrogens is 247 g/mol. The maximum absolute atomic E-state index is 13.2. The molecule has 4 nitrogen and oxygen atoms in total. The fourth-order valence-electron chi connectivity index (χ4n) is 1.29. The first kappa shape index (κ1) is 13.9. The van der Waals surface area contributed by atoms with Crippen LogP contribution >= 0.6 is 11.6 Å². The summed E-state index contributed by atoms with van der Waals surface area (Å²) in [4.78, 5) is 10.6. The molecule has 0 heterocycles. The van der Waals surface area contributed by atoms with E-state index in [1.807, 2.05) is 0 Å². The minimum Gasteiger partial charge on any atom is -0.382 e. The number of benzene rings is 1. The van der Waals surface area contributed by atoms with E-state index in [2.05, 4.69) is 5.32 Å². The van der Waals surface area contributed by atoms with Crippen molar-refractivity contribution < 1.29 is 14.3 Å². The Balaban J connectivity index is 2.60. The van der Waals surface area contributed by atoms with Crippen molar-refractivity contribution >= 4 is 17.5 Å². The van der Waals surface area contributed by atoms with Crippen LogP contribution in [-0.4, -0.2) is 23.7 Å². The van der Waals surface area contributed by atoms with Crippen molar-refractivity contribution in [2.24, 2.45) is 5.73 Å². The molecule has 0 aliphatic heterocycles. The highest BCUT2D eigenvalue weighted by Gasteiger charge is 2.13. The molecule has 0 radical (unpaired) electrons. The van der Waals surface area contributed by atoms with Gasteiger partial charge in [0, 0.05) is 12.6 Å². The molecule has 1 aromatic carbocycles. The minimum absolute atomic E-state index is 0.0146. The SMILES string of the molecule is CC(NCC(O)C(N)=O)c1ccc(Cl)c(F)c1. The van der Waals surface area contributed by atoms with Crippen LogP contribution in [0.15, 0.2) is 18.2 Å². The van der Waals surface area contributed by atoms with Gasteiger partial charge < -0.3 is 16.2 Å². The average molecular weight is 261 g/mol. The molecule has 1 amide bonds. The molecule has 0 saturated carbocycles. The minimum atomic E-state index is -1.26. The summed E-state index contributed by atoms with van der Waals surface area (Å²) in [7, 11) is 0. The predicted octanol–water partition coefficient (Wildman–Crippen LogP) is 0.976. The zero-order chi connectivity index (χ0) is 13.0. The summed E-state index contributed by atoms with van der Waals surface area (Å²) >= 11 is 5.56. The van der Waals surface area contributed by atoms with Gasteiger partial charge >= 0.3 is 0 Å². The predicted molar refractivity (Wildman–Crippen MR) is 63.0 cm³/mol. The number of amides is 1. The van der Waals surface area contributed by atoms with Crippen molar-refractivity contribution in [1.82, 2.24) is 5.32 Å². The Morgan fingerprint density at radius 3 is 2.82 bits per heavy atom. The van der Waals surface area contributed by atoms with E-state index < -0.39 is 17.8 Å². The smallest absolute Gasteiger partial charge is 0.247 e. The molecule has 6 heteroatoms. The van der Waals surface area contributed by atoms with Crippen molar-refractivity contribution in [2.75, 3.05) is 6.54 Å². The van der Waals surface area contributed by atoms with Crippen LogP contribution in [0.1, 0.15) is 18.5 Å². The number of nitrogens with two attached hydrogens (primary N) is 1. The quantitative estimate of drug-likeness (QED) is 0.739. The summed E-state index contributed by atoms with van der Waals surface area (Å²) in [6.07, 6.45) is -1.26. The molecule has 0 saturated heterocycles. The van der Waals surface area contributed by atoms with Gasteiger partial charge in [0.1, 0.15) is 11.9 Å². The van der Waals surface area contributed by atoms with E-state index in [1.165, 1.54) is 12.1 Å². The molecule has 2 atom stereocenters. The van der Waals surface area contributed by atoms with Crippen LogP contribution in [0, 0.1) is 5.82 Å². The molecule has 1 aromatic rings. The van der Waals surface area contributed by atoms with E-state index in [0.717, 1.165) is 0 Å². The summed E-state index contributed by atoms with van der Waals surface area (Å²) in [5, 5.41) is 12.1. The van der Waals surface area contributed by atoms with Crippen LogP contribution in [-0.2, 0) is 4.79 Å². The van der Waals surface area contributed by atoms with Gasteiger partial charge in [-0.3, -0.25) is 4.79 Å². The highest BCUT2D eigenvalue weighted by atomic mass is 35.5. The number of carbonyl (C=O) groups excluding carboxylic acids is 1. The summed E-state index contributed by atoms with van der Waals surface area (Å²) in [5.41, 5.74) is 5.57. The maximum atomic E-state index is 13.2. The zero-order valence-electron chi connectivity index (χ0n) is 9.28. The van der Waals surface area contributed by atoms with Gasteiger partial charge in [-0.1, -0.05) is 17.7 Å². The lowest BCUT2D eigenvalue weighted by Gasteiger charge is -2.16. The molecule has 0 fully saturated rings. The molecule has 0 aliphatic rings. The summed E-state index contributed by atoms with van der Waals surface area (Å²) < 4.78 is 13.2. The molecule has 1 rings (SSSR count). The Kier molecular flexibility index (Phi) is 4.86. The van der Waals surface area contributed by atoms with Crippen LogP contribution in [0.2, 0.25) is 5.02 Å². The molecular formula is C11H14ClFN2O2. The molecule has 0 spiro atoms. The highest BCUT2D eigenvalue weighted by Crippen LogP contribution is 2.19. The fourth-order valence-corrected chi connectivity index (χ4v) is 1.41. The third kappa shape index (κ3) is 3.96. The topological polar surface area (TPSA) is 75.3 Å². The standard InChI is InChI=1S/C11H14ClFN2O2/c1-6(15-5-10(16)11(14)17)7-2-3-8(12)9(13)4-7/h2-4,6,10,15-16H,5H2,1H3,(H2,14,17). The number of nitrogens with one attached hydrogen (secondary N) is 1. The number of halogens is 2. The van der Waals surface area contributed by atoms with Crippen molar-refractivity contribution in [3.63, 3.8) is 0 Å². The Morgan fingerprint density at radius 2 is 2.29 bits per heavy atom. The Morgan fingerprint density at radius 1 is 1.65 bits per heavy atom. The molecule has 4 N–H and O–H groups in total. The number of carbonyl (C=O) groups is 1. The van der Waals surface area contributed by atoms with Crippen LogP contribution in [0.3, 0.4) is 0 Å². The van der Waals surface area contributed by atoms with E-state index in [4.69, 9.17) is 17.3 Å². The fraction of sp³-hybridized carbons (Fsp3) is 0.364. The number of hydrogen-bond acceptors (Lipinski definition) is 3. The van der Waals surface area contributed by atoms with Gasteiger partial charge in [0.15, 0.2) is 0 Å². The first-order valence-electron chi connectivity index (χ1n) is 5.07. The van der Waals surface area contributed by atoms with Crippen LogP contribution < -0.4 is 11.1 Å². The Hall–Kier alpha value is -1.17. The van der Waals surface area contributed by atoms with Gasteiger partial charge in [0.2, 0.25) is 5.91 Å². The van der Waals surface area contributed by atoms with Gasteiger partial charge in [0.25, 0.3) is 0 Å². The van der Waals surface area contributed by atoms with Gasteiger partial charge in [-0.15, -0.1) is 0 Å². The third-order valence-corrected chi connectivity index (χ3v) is 2.70. The van der Waals surface area contributed by atoms with Gasteiger partial charge in [0.05, 0.1) is 5.02 Å². The largest absolute Gasteiger partial charge is 0.382 e.